The normalized spacial score (nSPS) is 22.4. The van der Waals surface area contributed by atoms with Crippen molar-refractivity contribution < 1.29 is 13.0 Å². The first-order valence-electron chi connectivity index (χ1n) is 1.82. The molecule has 0 saturated carbocycles. The summed E-state index contributed by atoms with van der Waals surface area (Å²) in [5, 5.41) is 0. The third-order valence-electron chi connectivity index (χ3n) is 0.722. The molecule has 1 fully saturated rings. The Morgan fingerprint density at radius 2 is 1.71 bits per heavy atom. The molecule has 1 rings (SSSR count). The van der Waals surface area contributed by atoms with E-state index in [2.05, 4.69) is 0 Å². The van der Waals surface area contributed by atoms with E-state index in [1.165, 1.54) is 0 Å². The summed E-state index contributed by atoms with van der Waals surface area (Å²) in [4.78, 5) is 0. The lowest BCUT2D eigenvalue weighted by Crippen LogP contribution is -2.06. The van der Waals surface area contributed by atoms with Gasteiger partial charge in [0.2, 0.25) is 0 Å². The molecule has 0 bridgehead atoms. The van der Waals surface area contributed by atoms with Gasteiger partial charge in [0.15, 0.2) is 0 Å². The molecule has 4 nitrogen and oxygen atoms in total. The average molecular weight is 122 g/mol. The van der Waals surface area contributed by atoms with Crippen LogP contribution < -0.4 is 0 Å². The van der Waals surface area contributed by atoms with Gasteiger partial charge >= 0.3 is 10.3 Å². The molecule has 0 aromatic rings. The lowest BCUT2D eigenvalue weighted by atomic mass is 11.0. The van der Waals surface area contributed by atoms with Crippen LogP contribution in [0, 0.1) is 0 Å². The molecular weight excluding hydrogens is 118 g/mol. The predicted molar refractivity (Wildman–Crippen MR) is 21.2 cm³/mol. The van der Waals surface area contributed by atoms with E-state index in [1.807, 2.05) is 0 Å². The van der Waals surface area contributed by atoms with Crippen LogP contribution in [0.5, 0.6) is 0 Å². The first kappa shape index (κ1) is 5.02. The molecule has 0 amide bonds. The summed E-state index contributed by atoms with van der Waals surface area (Å²) >= 11 is 0. The van der Waals surface area contributed by atoms with Crippen LogP contribution in [0.3, 0.4) is 0 Å². The summed E-state index contributed by atoms with van der Waals surface area (Å²) in [5.41, 5.74) is 0. The maximum Gasteiger partial charge on any atom is 0.366 e. The Morgan fingerprint density at radius 3 is 1.71 bits per heavy atom. The van der Waals surface area contributed by atoms with Crippen LogP contribution in [0.1, 0.15) is 0 Å². The second kappa shape index (κ2) is 1.18. The minimum absolute atomic E-state index is 0.409. The van der Waals surface area contributed by atoms with E-state index >= 15 is 0 Å². The lowest BCUT2D eigenvalue weighted by Gasteiger charge is -1.84. The third kappa shape index (κ3) is 1.12. The number of rotatable bonds is 1. The van der Waals surface area contributed by atoms with Crippen molar-refractivity contribution in [2.24, 2.45) is 0 Å². The summed E-state index contributed by atoms with van der Waals surface area (Å²) in [5.74, 6) is 0. The topological polar surface area (TPSA) is 57.0 Å². The number of hydrogen-bond acceptors (Lipinski definition) is 2. The van der Waals surface area contributed by atoms with E-state index in [0.29, 0.717) is 13.1 Å². The summed E-state index contributed by atoms with van der Waals surface area (Å²) in [6, 6.07) is 0. The molecule has 0 aromatic carbocycles. The highest BCUT2D eigenvalue weighted by atomic mass is 32.2. The van der Waals surface area contributed by atoms with Crippen molar-refractivity contribution in [2.45, 2.75) is 0 Å². The summed E-state index contributed by atoms with van der Waals surface area (Å²) in [7, 11) is -4.05. The van der Waals surface area contributed by atoms with E-state index in [9.17, 15) is 13.0 Å². The highest BCUT2D eigenvalue weighted by Gasteiger charge is 2.30. The molecule has 0 spiro atoms. The highest BCUT2D eigenvalue weighted by molar-refractivity contribution is 7.83. The minimum Gasteiger partial charge on any atom is -0.179 e. The molecule has 1 heterocycles. The Kier molecular flexibility index (Phi) is 0.844. The fourth-order valence-corrected chi connectivity index (χ4v) is 0.793. The van der Waals surface area contributed by atoms with Crippen LogP contribution >= 0.6 is 0 Å². The zero-order valence-electron chi connectivity index (χ0n) is 3.49. The molecule has 1 saturated heterocycles. The van der Waals surface area contributed by atoms with Crippen molar-refractivity contribution in [1.82, 2.24) is 4.31 Å². The second-order valence-corrected chi connectivity index (χ2v) is 2.73. The van der Waals surface area contributed by atoms with Gasteiger partial charge in [0.25, 0.3) is 0 Å². The van der Waals surface area contributed by atoms with Crippen LogP contribution in [0.2, 0.25) is 0 Å². The molecule has 1 aliphatic heterocycles. The van der Waals surface area contributed by atoms with Gasteiger partial charge in [-0.2, -0.15) is 12.7 Å². The van der Waals surface area contributed by atoms with Gasteiger partial charge in [-0.1, -0.05) is 4.55 Å². The molecule has 5 heteroatoms. The Labute approximate surface area is 41.6 Å². The van der Waals surface area contributed by atoms with E-state index in [0.717, 1.165) is 4.31 Å². The van der Waals surface area contributed by atoms with Crippen molar-refractivity contribution in [3.05, 3.63) is 0 Å². The van der Waals surface area contributed by atoms with Gasteiger partial charge < -0.3 is 0 Å². The van der Waals surface area contributed by atoms with Crippen molar-refractivity contribution in [2.75, 3.05) is 13.1 Å². The van der Waals surface area contributed by atoms with Gasteiger partial charge in [-0.3, -0.25) is 0 Å². The van der Waals surface area contributed by atoms with Gasteiger partial charge in [-0.15, -0.1) is 0 Å². The van der Waals surface area contributed by atoms with Crippen molar-refractivity contribution >= 4 is 10.3 Å². The monoisotopic (exact) mass is 122 g/mol. The first-order valence-corrected chi connectivity index (χ1v) is 3.18. The molecule has 0 N–H and O–H groups in total. The SMILES string of the molecule is [O]S(=O)(=O)N1CC1. The molecule has 1 radical (unpaired) electrons. The average Bonchev–Trinajstić information content (AvgIpc) is 1.99. The zero-order valence-corrected chi connectivity index (χ0v) is 4.31. The van der Waals surface area contributed by atoms with E-state index in [-0.39, 0.29) is 0 Å². The predicted octanol–water partition coefficient (Wildman–Crippen LogP) is -1.02. The smallest absolute Gasteiger partial charge is 0.179 e. The number of hydrogen-bond donors (Lipinski definition) is 0. The van der Waals surface area contributed by atoms with Crippen molar-refractivity contribution in [3.8, 4) is 0 Å². The molecule has 0 aromatic heterocycles. The minimum atomic E-state index is -4.05. The fourth-order valence-electron chi connectivity index (χ4n) is 0.264. The summed E-state index contributed by atoms with van der Waals surface area (Å²) in [6.07, 6.45) is 0. The van der Waals surface area contributed by atoms with Crippen molar-refractivity contribution in [3.63, 3.8) is 0 Å². The molecular formula is C2H4NO3S. The second-order valence-electron chi connectivity index (χ2n) is 1.36. The number of nitrogens with zero attached hydrogens (tertiary/aromatic N) is 1. The Hall–Kier alpha value is -0.130. The van der Waals surface area contributed by atoms with Crippen LogP contribution in [0.25, 0.3) is 0 Å². The lowest BCUT2D eigenvalue weighted by molar-refractivity contribution is 0.385. The van der Waals surface area contributed by atoms with Gasteiger partial charge in [-0.05, 0) is 0 Å². The summed E-state index contributed by atoms with van der Waals surface area (Å²) in [6.45, 7) is 0.817. The largest absolute Gasteiger partial charge is 0.366 e. The maximum atomic E-state index is 9.76. The standard InChI is InChI=1S/C2H4NO3S/c4-7(5,6)3-1-2-3/h1-2H2. The fraction of sp³-hybridized carbons (Fsp3) is 1.00. The first-order chi connectivity index (χ1) is 3.11. The van der Waals surface area contributed by atoms with E-state index in [1.54, 1.807) is 0 Å². The summed E-state index contributed by atoms with van der Waals surface area (Å²) < 4.78 is 30.1. The van der Waals surface area contributed by atoms with Crippen LogP contribution in [-0.2, 0) is 14.9 Å². The Morgan fingerprint density at radius 1 is 1.29 bits per heavy atom. The van der Waals surface area contributed by atoms with Crippen LogP contribution in [0.4, 0.5) is 0 Å². The van der Waals surface area contributed by atoms with Gasteiger partial charge in [-0.25, -0.2) is 0 Å². The van der Waals surface area contributed by atoms with Gasteiger partial charge in [0, 0.05) is 13.1 Å². The molecule has 0 unspecified atom stereocenters. The third-order valence-corrected chi connectivity index (χ3v) is 1.72. The Balaban J connectivity index is 2.71. The van der Waals surface area contributed by atoms with Crippen LogP contribution in [-0.4, -0.2) is 25.8 Å². The molecule has 1 aliphatic rings. The zero-order chi connectivity index (χ0) is 5.49. The van der Waals surface area contributed by atoms with E-state index in [4.69, 9.17) is 0 Å². The highest BCUT2D eigenvalue weighted by Crippen LogP contribution is 2.08. The van der Waals surface area contributed by atoms with Gasteiger partial charge in [0.05, 0.1) is 0 Å². The Bertz CT molecular complexity index is 156. The quantitative estimate of drug-likeness (QED) is 0.418. The molecule has 0 aliphatic carbocycles. The van der Waals surface area contributed by atoms with Crippen molar-refractivity contribution in [1.29, 1.82) is 0 Å². The van der Waals surface area contributed by atoms with Gasteiger partial charge in [0.1, 0.15) is 0 Å². The van der Waals surface area contributed by atoms with Crippen LogP contribution in [0.15, 0.2) is 0 Å². The maximum absolute atomic E-state index is 9.76. The van der Waals surface area contributed by atoms with E-state index < -0.39 is 10.3 Å². The molecule has 41 valence electrons. The molecule has 7 heavy (non-hydrogen) atoms. The molecule has 0 atom stereocenters.